The molecule has 0 fully saturated rings. The van der Waals surface area contributed by atoms with Crippen molar-refractivity contribution < 1.29 is 4.74 Å². The van der Waals surface area contributed by atoms with Crippen molar-refractivity contribution in [1.82, 2.24) is 9.78 Å². The van der Waals surface area contributed by atoms with Gasteiger partial charge >= 0.3 is 0 Å². The smallest absolute Gasteiger partial charge is 0.135 e. The zero-order chi connectivity index (χ0) is 15.6. The molecule has 0 radical (unpaired) electrons. The third-order valence-electron chi connectivity index (χ3n) is 3.14. The maximum Gasteiger partial charge on any atom is 0.135 e. The van der Waals surface area contributed by atoms with Crippen LogP contribution < -0.4 is 10.1 Å². The van der Waals surface area contributed by atoms with E-state index in [-0.39, 0.29) is 0 Å². The highest BCUT2D eigenvalue weighted by molar-refractivity contribution is 9.11. The number of nitrogens with one attached hydrogen (secondary N) is 1. The predicted molar refractivity (Wildman–Crippen MR) is 93.4 cm³/mol. The molecule has 0 aliphatic heterocycles. The molecule has 1 aromatic heterocycles. The first-order valence-electron chi connectivity index (χ1n) is 6.46. The maximum absolute atomic E-state index is 6.32. The third kappa shape index (κ3) is 3.55. The average Bonchev–Trinajstić information content (AvgIpc) is 2.73. The van der Waals surface area contributed by atoms with Gasteiger partial charge in [-0.25, -0.2) is 0 Å². The summed E-state index contributed by atoms with van der Waals surface area (Å²) in [4.78, 5) is 0. The van der Waals surface area contributed by atoms with Crippen LogP contribution >= 0.6 is 43.5 Å². The molecule has 1 N–H and O–H groups in total. The molecular formula is C14H16Br2ClN3O. The second-order valence-corrected chi connectivity index (χ2v) is 6.57. The topological polar surface area (TPSA) is 39.1 Å². The van der Waals surface area contributed by atoms with Crippen LogP contribution in [0.5, 0.6) is 5.75 Å². The molecule has 114 valence electrons. The summed E-state index contributed by atoms with van der Waals surface area (Å²) in [5, 5.41) is 8.49. The van der Waals surface area contributed by atoms with Gasteiger partial charge in [0.05, 0.1) is 40.2 Å². The number of methoxy groups -OCH3 is 1. The molecule has 0 aliphatic rings. The highest BCUT2D eigenvalue weighted by Crippen LogP contribution is 2.35. The Balaban J connectivity index is 2.24. The van der Waals surface area contributed by atoms with Crippen LogP contribution in [0.15, 0.2) is 21.1 Å². The highest BCUT2D eigenvalue weighted by Gasteiger charge is 2.13. The lowest BCUT2D eigenvalue weighted by atomic mass is 10.3. The van der Waals surface area contributed by atoms with Gasteiger partial charge in [-0.2, -0.15) is 5.10 Å². The summed E-state index contributed by atoms with van der Waals surface area (Å²) in [7, 11) is 1.64. The molecule has 0 spiro atoms. The number of anilines is 1. The molecule has 4 nitrogen and oxygen atoms in total. The van der Waals surface area contributed by atoms with Gasteiger partial charge in [-0.15, -0.1) is 0 Å². The standard InChI is InChI=1S/C14H16Br2ClN3O/c1-4-20-12(14(17)8(2)19-20)7-18-11-6-13(21-3)10(16)5-9(11)15/h5-6,18H,4,7H2,1-3H3. The van der Waals surface area contributed by atoms with Gasteiger partial charge in [0.15, 0.2) is 0 Å². The molecule has 1 aromatic carbocycles. The van der Waals surface area contributed by atoms with Gasteiger partial charge in [0, 0.05) is 17.1 Å². The molecule has 0 saturated heterocycles. The molecule has 2 aromatic rings. The maximum atomic E-state index is 6.32. The Morgan fingerprint density at radius 3 is 2.67 bits per heavy atom. The van der Waals surface area contributed by atoms with Gasteiger partial charge in [-0.05, 0) is 51.8 Å². The summed E-state index contributed by atoms with van der Waals surface area (Å²) in [6.45, 7) is 5.34. The number of rotatable bonds is 5. The lowest BCUT2D eigenvalue weighted by Gasteiger charge is -2.13. The first kappa shape index (κ1) is 16.6. The molecule has 0 unspecified atom stereocenters. The molecule has 0 saturated carbocycles. The van der Waals surface area contributed by atoms with Gasteiger partial charge in [-0.1, -0.05) is 11.6 Å². The predicted octanol–water partition coefficient (Wildman–Crippen LogP) is 5.01. The second-order valence-electron chi connectivity index (χ2n) is 4.48. The number of nitrogens with zero attached hydrogens (tertiary/aromatic N) is 2. The number of hydrogen-bond acceptors (Lipinski definition) is 3. The molecule has 1 heterocycles. The van der Waals surface area contributed by atoms with E-state index >= 15 is 0 Å². The van der Waals surface area contributed by atoms with E-state index < -0.39 is 0 Å². The van der Waals surface area contributed by atoms with E-state index in [1.165, 1.54) is 0 Å². The minimum Gasteiger partial charge on any atom is -0.495 e. The van der Waals surface area contributed by atoms with Crippen LogP contribution in [0.2, 0.25) is 5.02 Å². The van der Waals surface area contributed by atoms with E-state index in [0.717, 1.165) is 38.3 Å². The fourth-order valence-electron chi connectivity index (χ4n) is 2.04. The number of benzene rings is 1. The zero-order valence-corrected chi connectivity index (χ0v) is 15.9. The van der Waals surface area contributed by atoms with Gasteiger partial charge in [-0.3, -0.25) is 4.68 Å². The Morgan fingerprint density at radius 1 is 1.33 bits per heavy atom. The first-order chi connectivity index (χ1) is 9.97. The fraction of sp³-hybridized carbons (Fsp3) is 0.357. The SMILES string of the molecule is CCn1nc(C)c(Cl)c1CNc1cc(OC)c(Br)cc1Br. The zero-order valence-electron chi connectivity index (χ0n) is 12.0. The van der Waals surface area contributed by atoms with E-state index in [4.69, 9.17) is 16.3 Å². The third-order valence-corrected chi connectivity index (χ3v) is 4.91. The molecule has 7 heteroatoms. The Morgan fingerprint density at radius 2 is 2.05 bits per heavy atom. The van der Waals surface area contributed by atoms with E-state index in [9.17, 15) is 0 Å². The molecule has 0 bridgehead atoms. The van der Waals surface area contributed by atoms with Crippen LogP contribution in [0, 0.1) is 6.92 Å². The van der Waals surface area contributed by atoms with E-state index in [0.29, 0.717) is 11.6 Å². The summed E-state index contributed by atoms with van der Waals surface area (Å²) in [6, 6.07) is 3.88. The average molecular weight is 438 g/mol. The minimum atomic E-state index is 0.594. The van der Waals surface area contributed by atoms with Crippen molar-refractivity contribution in [2.75, 3.05) is 12.4 Å². The van der Waals surface area contributed by atoms with E-state index in [2.05, 4.69) is 42.3 Å². The van der Waals surface area contributed by atoms with Crippen molar-refractivity contribution in [3.8, 4) is 5.75 Å². The van der Waals surface area contributed by atoms with Crippen LogP contribution in [-0.4, -0.2) is 16.9 Å². The largest absolute Gasteiger partial charge is 0.495 e. The summed E-state index contributed by atoms with van der Waals surface area (Å²) in [5.74, 6) is 0.770. The molecule has 0 atom stereocenters. The lowest BCUT2D eigenvalue weighted by Crippen LogP contribution is -2.08. The van der Waals surface area contributed by atoms with Crippen LogP contribution in [0.25, 0.3) is 0 Å². The summed E-state index contributed by atoms with van der Waals surface area (Å²) >= 11 is 13.3. The molecule has 0 aliphatic carbocycles. The summed E-state index contributed by atoms with van der Waals surface area (Å²) < 4.78 is 9.07. The van der Waals surface area contributed by atoms with Crippen LogP contribution in [0.1, 0.15) is 18.3 Å². The number of halogens is 3. The molecule has 21 heavy (non-hydrogen) atoms. The van der Waals surface area contributed by atoms with Gasteiger partial charge in [0.25, 0.3) is 0 Å². The van der Waals surface area contributed by atoms with Crippen molar-refractivity contribution >= 4 is 49.1 Å². The summed E-state index contributed by atoms with van der Waals surface area (Å²) in [6.07, 6.45) is 0. The monoisotopic (exact) mass is 435 g/mol. The molecular weight excluding hydrogens is 421 g/mol. The molecule has 0 amide bonds. The Hall–Kier alpha value is -0.720. The summed E-state index contributed by atoms with van der Waals surface area (Å²) in [5.41, 5.74) is 2.76. The van der Waals surface area contributed by atoms with Crippen LogP contribution in [0.4, 0.5) is 5.69 Å². The van der Waals surface area contributed by atoms with Gasteiger partial charge < -0.3 is 10.1 Å². The van der Waals surface area contributed by atoms with Crippen LogP contribution in [-0.2, 0) is 13.1 Å². The normalized spacial score (nSPS) is 10.8. The lowest BCUT2D eigenvalue weighted by molar-refractivity contribution is 0.412. The highest BCUT2D eigenvalue weighted by atomic mass is 79.9. The number of aromatic nitrogens is 2. The first-order valence-corrected chi connectivity index (χ1v) is 8.43. The van der Waals surface area contributed by atoms with Crippen molar-refractivity contribution in [3.05, 3.63) is 37.5 Å². The van der Waals surface area contributed by atoms with Crippen molar-refractivity contribution in [2.45, 2.75) is 26.9 Å². The van der Waals surface area contributed by atoms with Crippen LogP contribution in [0.3, 0.4) is 0 Å². The van der Waals surface area contributed by atoms with Gasteiger partial charge in [0.1, 0.15) is 5.75 Å². The van der Waals surface area contributed by atoms with Crippen molar-refractivity contribution in [2.24, 2.45) is 0 Å². The minimum absolute atomic E-state index is 0.594. The Kier molecular flexibility index (Phi) is 5.57. The Bertz CT molecular complexity index is 658. The number of aryl methyl sites for hydroxylation is 2. The number of hydrogen-bond donors (Lipinski definition) is 1. The van der Waals surface area contributed by atoms with E-state index in [1.54, 1.807) is 7.11 Å². The quantitative estimate of drug-likeness (QED) is 0.715. The van der Waals surface area contributed by atoms with Crippen molar-refractivity contribution in [3.63, 3.8) is 0 Å². The van der Waals surface area contributed by atoms with Crippen molar-refractivity contribution in [1.29, 1.82) is 0 Å². The molecule has 2 rings (SSSR count). The fourth-order valence-corrected chi connectivity index (χ4v) is 3.54. The number of ether oxygens (including phenoxy) is 1. The second kappa shape index (κ2) is 7.03. The Labute approximate surface area is 146 Å². The van der Waals surface area contributed by atoms with Gasteiger partial charge in [0.2, 0.25) is 0 Å². The van der Waals surface area contributed by atoms with E-state index in [1.807, 2.05) is 30.7 Å².